The largest absolute Gasteiger partial charge is 0.355 e. The van der Waals surface area contributed by atoms with Crippen LogP contribution in [0.15, 0.2) is 228 Å². The van der Waals surface area contributed by atoms with Gasteiger partial charge in [0, 0.05) is 49.0 Å². The van der Waals surface area contributed by atoms with Crippen LogP contribution in [0.4, 0.5) is 28.4 Å². The lowest BCUT2D eigenvalue weighted by Gasteiger charge is -2.26. The molecule has 9 aromatic carbocycles. The molecular formula is C52H37N3S. The van der Waals surface area contributed by atoms with Crippen LogP contribution in [0.1, 0.15) is 0 Å². The molecule has 0 atom stereocenters. The molecule has 56 heavy (non-hydrogen) atoms. The van der Waals surface area contributed by atoms with Gasteiger partial charge in [0.1, 0.15) is 0 Å². The average Bonchev–Trinajstić information content (AvgIpc) is 3.59. The van der Waals surface area contributed by atoms with Crippen molar-refractivity contribution in [3.63, 3.8) is 0 Å². The summed E-state index contributed by atoms with van der Waals surface area (Å²) in [6, 6.07) is 78.2. The molecule has 1 aromatic heterocycles. The predicted molar refractivity (Wildman–Crippen MR) is 239 cm³/mol. The second kappa shape index (κ2) is 14.7. The van der Waals surface area contributed by atoms with Crippen LogP contribution in [0.5, 0.6) is 0 Å². The summed E-state index contributed by atoms with van der Waals surface area (Å²) in [5.74, 6) is 0. The number of hydrogen-bond donors (Lipinski definition) is 1. The van der Waals surface area contributed by atoms with Crippen LogP contribution in [0.25, 0.3) is 49.4 Å². The molecule has 0 bridgehead atoms. The van der Waals surface area contributed by atoms with E-state index in [-0.39, 0.29) is 0 Å². The molecule has 0 radical (unpaired) electrons. The predicted octanol–water partition coefficient (Wildman–Crippen LogP) is 15.0. The maximum absolute atomic E-state index is 3.75. The van der Waals surface area contributed by atoms with E-state index in [0.29, 0.717) is 0 Å². The maximum atomic E-state index is 3.75. The zero-order chi connectivity index (χ0) is 37.3. The lowest BCUT2D eigenvalue weighted by atomic mass is 10.0. The molecule has 1 N–H and O–H groups in total. The Kier molecular flexibility index (Phi) is 8.79. The van der Waals surface area contributed by atoms with E-state index in [1.165, 1.54) is 48.0 Å². The summed E-state index contributed by atoms with van der Waals surface area (Å²) < 4.78 is 2.40. The van der Waals surface area contributed by atoms with Gasteiger partial charge in [-0.25, -0.2) is 0 Å². The van der Waals surface area contributed by atoms with Gasteiger partial charge in [-0.2, -0.15) is 0 Å². The quantitative estimate of drug-likeness (QED) is 0.159. The van der Waals surface area contributed by atoms with Gasteiger partial charge in [-0.3, -0.25) is 0 Å². The fourth-order valence-corrected chi connectivity index (χ4v) is 8.65. The minimum absolute atomic E-state index is 1.03. The molecule has 10 aromatic rings. The summed E-state index contributed by atoms with van der Waals surface area (Å²) in [4.78, 5) is 4.74. The summed E-state index contributed by atoms with van der Waals surface area (Å²) in [5, 5.41) is 8.69. The van der Waals surface area contributed by atoms with Crippen molar-refractivity contribution < 1.29 is 0 Å². The first-order chi connectivity index (χ1) is 27.7. The number of hydrogen-bond acceptors (Lipinski definition) is 3. The van der Waals surface area contributed by atoms with Gasteiger partial charge in [-0.15, -0.1) is 0 Å². The van der Waals surface area contributed by atoms with Crippen LogP contribution in [-0.4, -0.2) is 4.57 Å². The van der Waals surface area contributed by atoms with Crippen LogP contribution in [0, 0.1) is 0 Å². The average molecular weight is 736 g/mol. The van der Waals surface area contributed by atoms with Crippen LogP contribution in [0.3, 0.4) is 0 Å². The van der Waals surface area contributed by atoms with Crippen molar-refractivity contribution in [3.05, 3.63) is 218 Å². The molecule has 0 saturated heterocycles. The number of nitrogens with one attached hydrogen (secondary N) is 1. The summed E-state index contributed by atoms with van der Waals surface area (Å²) >= 11 is 1.77. The van der Waals surface area contributed by atoms with Gasteiger partial charge in [0.05, 0.1) is 16.7 Å². The van der Waals surface area contributed by atoms with Crippen LogP contribution in [0.2, 0.25) is 0 Å². The van der Waals surface area contributed by atoms with Crippen molar-refractivity contribution >= 4 is 72.8 Å². The molecule has 0 saturated carbocycles. The van der Waals surface area contributed by atoms with E-state index in [1.807, 2.05) is 0 Å². The van der Waals surface area contributed by atoms with E-state index in [4.69, 9.17) is 0 Å². The highest BCUT2D eigenvalue weighted by molar-refractivity contribution is 7.99. The Hall–Kier alpha value is -7.01. The number of para-hydroxylation sites is 3. The number of aromatic nitrogens is 1. The Morgan fingerprint density at radius 2 is 1.07 bits per heavy atom. The van der Waals surface area contributed by atoms with Gasteiger partial charge in [-0.05, 0) is 113 Å². The lowest BCUT2D eigenvalue weighted by Crippen LogP contribution is -2.10. The normalized spacial score (nSPS) is 11.3. The fourth-order valence-electron chi connectivity index (χ4n) is 7.72. The molecule has 0 fully saturated rings. The van der Waals surface area contributed by atoms with Crippen molar-refractivity contribution in [1.29, 1.82) is 0 Å². The maximum Gasteiger partial charge on any atom is 0.0561 e. The third kappa shape index (κ3) is 6.46. The fraction of sp³-hybridized carbons (Fsp3) is 0. The minimum Gasteiger partial charge on any atom is -0.355 e. The Balaban J connectivity index is 1.05. The third-order valence-electron chi connectivity index (χ3n) is 10.4. The molecule has 0 amide bonds. The Bertz CT molecular complexity index is 2970. The Morgan fingerprint density at radius 3 is 1.93 bits per heavy atom. The standard InChI is InChI=1S/C52H37N3S/c1-3-17-42(18-4-1)54(43-30-28-38(29-31-43)40-27-26-37-14-7-8-15-39(37)34-40)45-32-33-48-47-22-9-11-24-50(47)55(51(48)36-45)44-19-13-16-41(35-44)53-49-23-10-12-25-52(49)56-46-20-5-2-6-21-46/h1-36,53H. The highest BCUT2D eigenvalue weighted by Gasteiger charge is 2.18. The highest BCUT2D eigenvalue weighted by atomic mass is 32.2. The van der Waals surface area contributed by atoms with Gasteiger partial charge >= 0.3 is 0 Å². The molecule has 0 aliphatic heterocycles. The Morgan fingerprint density at radius 1 is 0.411 bits per heavy atom. The van der Waals surface area contributed by atoms with Crippen molar-refractivity contribution in [1.82, 2.24) is 4.57 Å². The van der Waals surface area contributed by atoms with E-state index in [1.54, 1.807) is 11.8 Å². The van der Waals surface area contributed by atoms with Crippen LogP contribution >= 0.6 is 11.8 Å². The van der Waals surface area contributed by atoms with Crippen LogP contribution < -0.4 is 10.2 Å². The van der Waals surface area contributed by atoms with Gasteiger partial charge in [-0.1, -0.05) is 139 Å². The van der Waals surface area contributed by atoms with E-state index >= 15 is 0 Å². The third-order valence-corrected chi connectivity index (χ3v) is 11.5. The molecule has 0 unspecified atom stereocenters. The monoisotopic (exact) mass is 735 g/mol. The van der Waals surface area contributed by atoms with Crippen molar-refractivity contribution in [2.45, 2.75) is 9.79 Å². The molecule has 1 heterocycles. The van der Waals surface area contributed by atoms with Gasteiger partial charge in [0.25, 0.3) is 0 Å². The number of nitrogens with zero attached hydrogens (tertiary/aromatic N) is 2. The lowest BCUT2D eigenvalue weighted by molar-refractivity contribution is 1.18. The number of benzene rings is 9. The van der Waals surface area contributed by atoms with E-state index in [2.05, 4.69) is 233 Å². The molecule has 0 aliphatic carbocycles. The zero-order valence-electron chi connectivity index (χ0n) is 30.6. The van der Waals surface area contributed by atoms with Crippen LogP contribution in [-0.2, 0) is 0 Å². The second-order valence-electron chi connectivity index (χ2n) is 13.9. The van der Waals surface area contributed by atoms with E-state index < -0.39 is 0 Å². The summed E-state index contributed by atoms with van der Waals surface area (Å²) in [7, 11) is 0. The highest BCUT2D eigenvalue weighted by Crippen LogP contribution is 2.41. The first-order valence-corrected chi connectivity index (χ1v) is 19.7. The number of rotatable bonds is 9. The Labute approximate surface area is 331 Å². The molecule has 4 heteroatoms. The van der Waals surface area contributed by atoms with Gasteiger partial charge in [0.2, 0.25) is 0 Å². The van der Waals surface area contributed by atoms with E-state index in [9.17, 15) is 0 Å². The van der Waals surface area contributed by atoms with Gasteiger partial charge in [0.15, 0.2) is 0 Å². The summed E-state index contributed by atoms with van der Waals surface area (Å²) in [6.07, 6.45) is 0. The molecule has 0 spiro atoms. The summed E-state index contributed by atoms with van der Waals surface area (Å²) in [5.41, 5.74) is 11.2. The second-order valence-corrected chi connectivity index (χ2v) is 15.0. The van der Waals surface area contributed by atoms with Crippen molar-refractivity contribution in [2.24, 2.45) is 0 Å². The number of anilines is 5. The summed E-state index contributed by atoms with van der Waals surface area (Å²) in [6.45, 7) is 0. The molecular weight excluding hydrogens is 699 g/mol. The first-order valence-electron chi connectivity index (χ1n) is 18.9. The number of fused-ring (bicyclic) bond motifs is 4. The van der Waals surface area contributed by atoms with Crippen molar-refractivity contribution in [2.75, 3.05) is 10.2 Å². The van der Waals surface area contributed by atoms with Crippen molar-refractivity contribution in [3.8, 4) is 16.8 Å². The molecule has 0 aliphatic rings. The van der Waals surface area contributed by atoms with Gasteiger partial charge < -0.3 is 14.8 Å². The minimum atomic E-state index is 1.03. The SMILES string of the molecule is c1ccc(Sc2ccccc2Nc2cccc(-n3c4ccccc4c4ccc(N(c5ccccc5)c5ccc(-c6ccc7ccccc7c6)cc5)cc43)c2)cc1. The molecule has 10 rings (SSSR count). The first kappa shape index (κ1) is 33.6. The smallest absolute Gasteiger partial charge is 0.0561 e. The zero-order valence-corrected chi connectivity index (χ0v) is 31.4. The molecule has 266 valence electrons. The topological polar surface area (TPSA) is 20.2 Å². The molecule has 3 nitrogen and oxygen atoms in total. The van der Waals surface area contributed by atoms with E-state index in [0.717, 1.165) is 39.6 Å².